The van der Waals surface area contributed by atoms with Crippen molar-refractivity contribution in [1.29, 1.82) is 0 Å². The molecule has 8 heteroatoms. The minimum Gasteiger partial charge on any atom is -0.342 e. The van der Waals surface area contributed by atoms with Crippen LogP contribution in [-0.4, -0.2) is 42.8 Å². The lowest BCUT2D eigenvalue weighted by Gasteiger charge is -2.16. The fourth-order valence-electron chi connectivity index (χ4n) is 2.10. The highest BCUT2D eigenvalue weighted by atomic mass is 32.2. The summed E-state index contributed by atoms with van der Waals surface area (Å²) in [6.45, 7) is 4.58. The molecule has 0 bridgehead atoms. The van der Waals surface area contributed by atoms with Gasteiger partial charge in [-0.2, -0.15) is 0 Å². The number of nitrogens with zero attached hydrogens (tertiary/aromatic N) is 3. The van der Waals surface area contributed by atoms with Crippen molar-refractivity contribution >= 4 is 21.9 Å². The average molecular weight is 362 g/mol. The summed E-state index contributed by atoms with van der Waals surface area (Å²) in [5, 5.41) is 0. The molecule has 25 heavy (non-hydrogen) atoms. The minimum atomic E-state index is -3.76. The van der Waals surface area contributed by atoms with Crippen LogP contribution in [0.4, 0.5) is 5.95 Å². The van der Waals surface area contributed by atoms with Gasteiger partial charge in [-0.05, 0) is 25.5 Å². The summed E-state index contributed by atoms with van der Waals surface area (Å²) in [6.07, 6.45) is 4.56. The molecule has 0 fully saturated rings. The van der Waals surface area contributed by atoms with Gasteiger partial charge in [0.25, 0.3) is 15.9 Å². The summed E-state index contributed by atoms with van der Waals surface area (Å²) in [7, 11) is -2.05. The zero-order chi connectivity index (χ0) is 18.4. The van der Waals surface area contributed by atoms with Crippen molar-refractivity contribution in [2.24, 2.45) is 0 Å². The summed E-state index contributed by atoms with van der Waals surface area (Å²) in [4.78, 5) is 21.8. The molecule has 0 unspecified atom stereocenters. The van der Waals surface area contributed by atoms with Crippen LogP contribution >= 0.6 is 0 Å². The summed E-state index contributed by atoms with van der Waals surface area (Å²) in [5.74, 6) is -0.269. The van der Waals surface area contributed by atoms with E-state index in [4.69, 9.17) is 0 Å². The Balaban J connectivity index is 2.09. The van der Waals surface area contributed by atoms with Gasteiger partial charge in [0.15, 0.2) is 0 Å². The van der Waals surface area contributed by atoms with Crippen molar-refractivity contribution in [2.45, 2.75) is 31.6 Å². The molecule has 1 aromatic carbocycles. The van der Waals surface area contributed by atoms with Crippen molar-refractivity contribution in [3.05, 3.63) is 47.8 Å². The second-order valence-corrected chi connectivity index (χ2v) is 7.48. The fourth-order valence-corrected chi connectivity index (χ4v) is 3.06. The molecule has 1 heterocycles. The number of carbonyl (C=O) groups excluding carboxylic acids is 1. The highest BCUT2D eigenvalue weighted by molar-refractivity contribution is 7.92. The standard InChI is InChI=1S/C17H22N4O3S/c1-4-5-10-21(3)16(22)14-11-18-17(19-12-14)20-25(23,24)15-8-6-13(2)7-9-15/h6-9,11-12H,4-5,10H2,1-3H3,(H,18,19,20). The second kappa shape index (κ2) is 8.06. The Kier molecular flexibility index (Phi) is 6.08. The van der Waals surface area contributed by atoms with Crippen molar-refractivity contribution in [1.82, 2.24) is 14.9 Å². The number of amides is 1. The van der Waals surface area contributed by atoms with Crippen LogP contribution in [0.15, 0.2) is 41.6 Å². The number of sulfonamides is 1. The summed E-state index contributed by atoms with van der Waals surface area (Å²) >= 11 is 0. The molecule has 0 aliphatic carbocycles. The summed E-state index contributed by atoms with van der Waals surface area (Å²) in [5.41, 5.74) is 1.28. The monoisotopic (exact) mass is 362 g/mol. The molecule has 1 aromatic heterocycles. The molecule has 0 aliphatic rings. The predicted octanol–water partition coefficient (Wildman–Crippen LogP) is 2.46. The van der Waals surface area contributed by atoms with Gasteiger partial charge in [0.05, 0.1) is 10.5 Å². The lowest BCUT2D eigenvalue weighted by Crippen LogP contribution is -2.28. The van der Waals surface area contributed by atoms with Crippen LogP contribution in [0.5, 0.6) is 0 Å². The second-order valence-electron chi connectivity index (χ2n) is 5.79. The number of carbonyl (C=O) groups is 1. The van der Waals surface area contributed by atoms with Crippen LogP contribution in [0, 0.1) is 6.92 Å². The van der Waals surface area contributed by atoms with E-state index in [0.29, 0.717) is 12.1 Å². The third-order valence-electron chi connectivity index (χ3n) is 3.65. The third kappa shape index (κ3) is 4.99. The fraction of sp³-hybridized carbons (Fsp3) is 0.353. The number of aromatic nitrogens is 2. The maximum Gasteiger partial charge on any atom is 0.264 e. The van der Waals surface area contributed by atoms with Gasteiger partial charge >= 0.3 is 0 Å². The van der Waals surface area contributed by atoms with E-state index < -0.39 is 10.0 Å². The number of anilines is 1. The van der Waals surface area contributed by atoms with Crippen molar-refractivity contribution < 1.29 is 13.2 Å². The van der Waals surface area contributed by atoms with Crippen molar-refractivity contribution in [3.63, 3.8) is 0 Å². The Morgan fingerprint density at radius 2 is 1.76 bits per heavy atom. The summed E-state index contributed by atoms with van der Waals surface area (Å²) < 4.78 is 26.9. The van der Waals surface area contributed by atoms with E-state index in [1.807, 2.05) is 6.92 Å². The Bertz CT molecular complexity index is 818. The van der Waals surface area contributed by atoms with E-state index >= 15 is 0 Å². The van der Waals surface area contributed by atoms with Gasteiger partial charge in [0, 0.05) is 26.0 Å². The van der Waals surface area contributed by atoms with Crippen LogP contribution in [0.25, 0.3) is 0 Å². The maximum atomic E-state index is 12.3. The first-order chi connectivity index (χ1) is 11.8. The SMILES string of the molecule is CCCCN(C)C(=O)c1cnc(NS(=O)(=O)c2ccc(C)cc2)nc1. The molecule has 134 valence electrons. The van der Waals surface area contributed by atoms with Crippen LogP contribution < -0.4 is 4.72 Å². The molecule has 1 amide bonds. The number of hydrogen-bond donors (Lipinski definition) is 1. The van der Waals surface area contributed by atoms with Crippen LogP contribution in [0.2, 0.25) is 0 Å². The molecular formula is C17H22N4O3S. The van der Waals surface area contributed by atoms with Crippen LogP contribution in [-0.2, 0) is 10.0 Å². The van der Waals surface area contributed by atoms with Gasteiger partial charge < -0.3 is 4.90 Å². The molecule has 0 spiro atoms. The highest BCUT2D eigenvalue weighted by Gasteiger charge is 2.17. The minimum absolute atomic E-state index is 0.0756. The van der Waals surface area contributed by atoms with E-state index in [1.54, 1.807) is 24.1 Å². The maximum absolute atomic E-state index is 12.3. The van der Waals surface area contributed by atoms with E-state index in [1.165, 1.54) is 24.5 Å². The zero-order valence-corrected chi connectivity index (χ0v) is 15.4. The largest absolute Gasteiger partial charge is 0.342 e. The molecule has 0 saturated heterocycles. The van der Waals surface area contributed by atoms with Gasteiger partial charge in [-0.3, -0.25) is 4.79 Å². The molecule has 0 atom stereocenters. The first-order valence-electron chi connectivity index (χ1n) is 8.00. The first kappa shape index (κ1) is 18.9. The van der Waals surface area contributed by atoms with Crippen LogP contribution in [0.1, 0.15) is 35.7 Å². The topological polar surface area (TPSA) is 92.3 Å². The lowest BCUT2D eigenvalue weighted by atomic mass is 10.2. The number of aryl methyl sites for hydroxylation is 1. The number of rotatable bonds is 7. The van der Waals surface area contributed by atoms with Crippen molar-refractivity contribution in [3.8, 4) is 0 Å². The van der Waals surface area contributed by atoms with E-state index in [9.17, 15) is 13.2 Å². The first-order valence-corrected chi connectivity index (χ1v) is 9.49. The van der Waals surface area contributed by atoms with Gasteiger partial charge in [-0.25, -0.2) is 23.1 Å². The molecule has 0 saturated carbocycles. The molecule has 2 rings (SSSR count). The van der Waals surface area contributed by atoms with E-state index in [-0.39, 0.29) is 16.8 Å². The quantitative estimate of drug-likeness (QED) is 0.817. The molecule has 0 radical (unpaired) electrons. The number of nitrogens with one attached hydrogen (secondary N) is 1. The predicted molar refractivity (Wildman–Crippen MR) is 95.9 cm³/mol. The normalized spacial score (nSPS) is 11.2. The smallest absolute Gasteiger partial charge is 0.264 e. The summed E-state index contributed by atoms with van der Waals surface area (Å²) in [6, 6.07) is 6.45. The zero-order valence-electron chi connectivity index (χ0n) is 14.6. The lowest BCUT2D eigenvalue weighted by molar-refractivity contribution is 0.0792. The third-order valence-corrected chi connectivity index (χ3v) is 4.99. The Hall–Kier alpha value is -2.48. The number of hydrogen-bond acceptors (Lipinski definition) is 5. The van der Waals surface area contributed by atoms with Gasteiger partial charge in [-0.1, -0.05) is 31.0 Å². The Labute approximate surface area is 148 Å². The van der Waals surface area contributed by atoms with Gasteiger partial charge in [0.1, 0.15) is 0 Å². The molecule has 1 N–H and O–H groups in total. The Morgan fingerprint density at radius 1 is 1.16 bits per heavy atom. The molecule has 7 nitrogen and oxygen atoms in total. The number of unbranched alkanes of at least 4 members (excludes halogenated alkanes) is 1. The highest BCUT2D eigenvalue weighted by Crippen LogP contribution is 2.14. The van der Waals surface area contributed by atoms with Gasteiger partial charge in [0.2, 0.25) is 5.95 Å². The van der Waals surface area contributed by atoms with Crippen LogP contribution in [0.3, 0.4) is 0 Å². The van der Waals surface area contributed by atoms with E-state index in [0.717, 1.165) is 18.4 Å². The Morgan fingerprint density at radius 3 is 2.32 bits per heavy atom. The average Bonchev–Trinajstić information content (AvgIpc) is 2.59. The molecule has 2 aromatic rings. The number of benzene rings is 1. The van der Waals surface area contributed by atoms with Crippen molar-refractivity contribution in [2.75, 3.05) is 18.3 Å². The molecular weight excluding hydrogens is 340 g/mol. The van der Waals surface area contributed by atoms with Gasteiger partial charge in [-0.15, -0.1) is 0 Å². The van der Waals surface area contributed by atoms with E-state index in [2.05, 4.69) is 21.6 Å². The molecule has 0 aliphatic heterocycles.